The number of aliphatic carboxylic acids is 1. The van der Waals surface area contributed by atoms with Crippen LogP contribution >= 0.6 is 0 Å². The number of alkyl carbamates (subject to hydrolysis) is 1. The minimum atomic E-state index is -1.22. The molecule has 2 atom stereocenters. The number of nitrogens with one attached hydrogen (secondary N) is 2. The summed E-state index contributed by atoms with van der Waals surface area (Å²) < 4.78 is 11.1. The fourth-order valence-electron chi connectivity index (χ4n) is 4.68. The molecule has 4 rings (SSSR count). The second kappa shape index (κ2) is 11.2. The molecule has 1 aliphatic heterocycles. The second-order valence-corrected chi connectivity index (χ2v) is 8.69. The van der Waals surface area contributed by atoms with Crippen LogP contribution in [0.25, 0.3) is 11.1 Å². The summed E-state index contributed by atoms with van der Waals surface area (Å²) in [5.74, 6) is -1.86. The molecule has 2 amide bonds. The summed E-state index contributed by atoms with van der Waals surface area (Å²) in [5.41, 5.74) is 4.36. The Kier molecular flexibility index (Phi) is 7.80. The minimum absolute atomic E-state index is 0.0836. The van der Waals surface area contributed by atoms with Crippen LogP contribution in [-0.4, -0.2) is 55.0 Å². The number of hydrogen-bond donors (Lipinski definition) is 3. The maximum Gasteiger partial charge on any atom is 0.407 e. The van der Waals surface area contributed by atoms with Crippen molar-refractivity contribution in [1.82, 2.24) is 10.6 Å². The van der Waals surface area contributed by atoms with E-state index in [0.717, 1.165) is 48.1 Å². The van der Waals surface area contributed by atoms with Gasteiger partial charge in [0.1, 0.15) is 12.6 Å². The summed E-state index contributed by atoms with van der Waals surface area (Å²) in [6.07, 6.45) is 2.50. The summed E-state index contributed by atoms with van der Waals surface area (Å²) in [7, 11) is 0. The zero-order valence-electron chi connectivity index (χ0n) is 19.0. The summed E-state index contributed by atoms with van der Waals surface area (Å²) in [6, 6.07) is 14.7. The molecule has 0 bridgehead atoms. The Balaban J connectivity index is 1.32. The van der Waals surface area contributed by atoms with Crippen molar-refractivity contribution in [3.8, 4) is 11.1 Å². The van der Waals surface area contributed by atoms with Gasteiger partial charge in [-0.15, -0.1) is 0 Å². The summed E-state index contributed by atoms with van der Waals surface area (Å²) in [6.45, 7) is 1.16. The van der Waals surface area contributed by atoms with Crippen LogP contribution in [0.5, 0.6) is 0 Å². The van der Waals surface area contributed by atoms with Crippen LogP contribution in [-0.2, 0) is 19.1 Å². The number of carboxylic acid groups (broad SMARTS) is 1. The van der Waals surface area contributed by atoms with Gasteiger partial charge in [-0.2, -0.15) is 0 Å². The molecule has 34 heavy (non-hydrogen) atoms. The van der Waals surface area contributed by atoms with Gasteiger partial charge in [0.25, 0.3) is 0 Å². The number of amides is 2. The standard InChI is InChI=1S/C26H30N2O6/c29-24(30)15-23(25(31)27-13-12-17-7-5-6-14-33-17)28-26(32)34-16-22-20-10-3-1-8-18(20)19-9-2-4-11-21(19)22/h1-4,8-11,17,22-23H,5-7,12-16H2,(H,27,31)(H,28,32)(H,29,30). The third-order valence-electron chi connectivity index (χ3n) is 6.37. The van der Waals surface area contributed by atoms with Crippen LogP contribution in [0.2, 0.25) is 0 Å². The summed E-state index contributed by atoms with van der Waals surface area (Å²) >= 11 is 0. The van der Waals surface area contributed by atoms with Crippen LogP contribution in [0, 0.1) is 0 Å². The second-order valence-electron chi connectivity index (χ2n) is 8.69. The first kappa shape index (κ1) is 23.8. The third-order valence-corrected chi connectivity index (χ3v) is 6.37. The topological polar surface area (TPSA) is 114 Å². The largest absolute Gasteiger partial charge is 0.481 e. The number of rotatable bonds is 9. The van der Waals surface area contributed by atoms with Crippen molar-refractivity contribution in [1.29, 1.82) is 0 Å². The monoisotopic (exact) mass is 466 g/mol. The Hall–Kier alpha value is -3.39. The lowest BCUT2D eigenvalue weighted by Gasteiger charge is -2.23. The molecule has 8 heteroatoms. The number of carboxylic acids is 1. The molecule has 0 saturated carbocycles. The number of benzene rings is 2. The molecule has 1 saturated heterocycles. The number of ether oxygens (including phenoxy) is 2. The maximum atomic E-state index is 12.6. The molecule has 3 N–H and O–H groups in total. The molecule has 2 unspecified atom stereocenters. The van der Waals surface area contributed by atoms with Gasteiger partial charge in [0.05, 0.1) is 12.5 Å². The van der Waals surface area contributed by atoms with E-state index in [2.05, 4.69) is 10.6 Å². The zero-order chi connectivity index (χ0) is 23.9. The van der Waals surface area contributed by atoms with Crippen molar-refractivity contribution in [2.45, 2.75) is 50.2 Å². The average molecular weight is 467 g/mol. The van der Waals surface area contributed by atoms with E-state index in [4.69, 9.17) is 9.47 Å². The van der Waals surface area contributed by atoms with Gasteiger partial charge in [0.2, 0.25) is 5.91 Å². The molecule has 0 spiro atoms. The molecule has 1 heterocycles. The van der Waals surface area contributed by atoms with Crippen LogP contribution in [0.4, 0.5) is 4.79 Å². The minimum Gasteiger partial charge on any atom is -0.481 e. The highest BCUT2D eigenvalue weighted by Crippen LogP contribution is 2.44. The first-order valence-electron chi connectivity index (χ1n) is 11.8. The zero-order valence-corrected chi connectivity index (χ0v) is 19.0. The van der Waals surface area contributed by atoms with Crippen molar-refractivity contribution in [3.05, 3.63) is 59.7 Å². The number of hydrogen-bond acceptors (Lipinski definition) is 5. The Morgan fingerprint density at radius 3 is 2.32 bits per heavy atom. The average Bonchev–Trinajstić information content (AvgIpc) is 3.16. The van der Waals surface area contributed by atoms with Crippen LogP contribution in [0.3, 0.4) is 0 Å². The van der Waals surface area contributed by atoms with Gasteiger partial charge >= 0.3 is 12.1 Å². The van der Waals surface area contributed by atoms with E-state index in [9.17, 15) is 19.5 Å². The van der Waals surface area contributed by atoms with Crippen LogP contribution in [0.15, 0.2) is 48.5 Å². The predicted octanol–water partition coefficient (Wildman–Crippen LogP) is 3.44. The molecule has 180 valence electrons. The first-order chi connectivity index (χ1) is 16.5. The van der Waals surface area contributed by atoms with Crippen molar-refractivity contribution in [2.75, 3.05) is 19.8 Å². The molecule has 2 aliphatic rings. The van der Waals surface area contributed by atoms with E-state index < -0.39 is 30.4 Å². The van der Waals surface area contributed by atoms with E-state index in [0.29, 0.717) is 13.0 Å². The molecular formula is C26H30N2O6. The molecule has 1 aliphatic carbocycles. The van der Waals surface area contributed by atoms with Gasteiger partial charge in [0.15, 0.2) is 0 Å². The predicted molar refractivity (Wildman–Crippen MR) is 125 cm³/mol. The van der Waals surface area contributed by atoms with Gasteiger partial charge in [-0.25, -0.2) is 4.79 Å². The SMILES string of the molecule is O=C(O)CC(NC(=O)OCC1c2ccccc2-c2ccccc21)C(=O)NCCC1CCCCO1. The lowest BCUT2D eigenvalue weighted by atomic mass is 9.98. The van der Waals surface area contributed by atoms with E-state index in [1.165, 1.54) is 0 Å². The molecule has 2 aromatic rings. The molecule has 1 fully saturated rings. The Labute approximate surface area is 198 Å². The van der Waals surface area contributed by atoms with E-state index in [-0.39, 0.29) is 18.6 Å². The van der Waals surface area contributed by atoms with E-state index in [1.807, 2.05) is 48.5 Å². The van der Waals surface area contributed by atoms with Crippen molar-refractivity contribution < 1.29 is 29.0 Å². The quantitative estimate of drug-likeness (QED) is 0.522. The van der Waals surface area contributed by atoms with Gasteiger partial charge in [-0.05, 0) is 47.9 Å². The van der Waals surface area contributed by atoms with Crippen LogP contribution in [0.1, 0.15) is 49.1 Å². The van der Waals surface area contributed by atoms with Crippen LogP contribution < -0.4 is 10.6 Å². The maximum absolute atomic E-state index is 12.6. The highest BCUT2D eigenvalue weighted by Gasteiger charge is 2.30. The smallest absolute Gasteiger partial charge is 0.407 e. The molecular weight excluding hydrogens is 436 g/mol. The fraction of sp³-hybridized carbons (Fsp3) is 0.423. The third kappa shape index (κ3) is 5.75. The summed E-state index contributed by atoms with van der Waals surface area (Å²) in [5, 5.41) is 14.3. The normalized spacial score (nSPS) is 17.8. The lowest BCUT2D eigenvalue weighted by molar-refractivity contribution is -0.139. The Morgan fingerprint density at radius 2 is 1.71 bits per heavy atom. The van der Waals surface area contributed by atoms with Crippen molar-refractivity contribution >= 4 is 18.0 Å². The highest BCUT2D eigenvalue weighted by atomic mass is 16.5. The fourth-order valence-corrected chi connectivity index (χ4v) is 4.68. The first-order valence-corrected chi connectivity index (χ1v) is 11.8. The molecule has 0 radical (unpaired) electrons. The number of carbonyl (C=O) groups excluding carboxylic acids is 2. The van der Waals surface area contributed by atoms with Crippen molar-refractivity contribution in [2.24, 2.45) is 0 Å². The van der Waals surface area contributed by atoms with Crippen molar-refractivity contribution in [3.63, 3.8) is 0 Å². The molecule has 8 nitrogen and oxygen atoms in total. The molecule has 2 aromatic carbocycles. The van der Waals surface area contributed by atoms with Gasteiger partial charge in [-0.1, -0.05) is 48.5 Å². The highest BCUT2D eigenvalue weighted by molar-refractivity contribution is 5.89. The lowest BCUT2D eigenvalue weighted by Crippen LogP contribution is -2.48. The number of fused-ring (bicyclic) bond motifs is 3. The van der Waals surface area contributed by atoms with Gasteiger partial charge < -0.3 is 25.2 Å². The van der Waals surface area contributed by atoms with Gasteiger partial charge in [-0.3, -0.25) is 9.59 Å². The Bertz CT molecular complexity index is 988. The van der Waals surface area contributed by atoms with E-state index >= 15 is 0 Å². The Morgan fingerprint density at radius 1 is 1.03 bits per heavy atom. The van der Waals surface area contributed by atoms with Gasteiger partial charge in [0, 0.05) is 19.1 Å². The van der Waals surface area contributed by atoms with E-state index in [1.54, 1.807) is 0 Å². The molecule has 0 aromatic heterocycles. The number of carbonyl (C=O) groups is 3. The summed E-state index contributed by atoms with van der Waals surface area (Å²) in [4.78, 5) is 36.3.